The third-order valence-electron chi connectivity index (χ3n) is 2.62. The van der Waals surface area contributed by atoms with E-state index < -0.39 is 5.97 Å². The highest BCUT2D eigenvalue weighted by Crippen LogP contribution is 2.22. The third-order valence-corrected chi connectivity index (χ3v) is 2.62. The zero-order valence-electron chi connectivity index (χ0n) is 8.44. The topological polar surface area (TPSA) is 40.5 Å². The first-order valence-corrected chi connectivity index (χ1v) is 4.87. The van der Waals surface area contributed by atoms with Crippen molar-refractivity contribution in [3.63, 3.8) is 0 Å². The lowest BCUT2D eigenvalue weighted by atomic mass is 10.1. The second kappa shape index (κ2) is 3.87. The smallest absolute Gasteiger partial charge is 0.332 e. The maximum Gasteiger partial charge on any atom is 0.332 e. The first-order chi connectivity index (χ1) is 7.16. The Hall–Kier alpha value is -1.61. The van der Waals surface area contributed by atoms with Crippen molar-refractivity contribution < 1.29 is 9.90 Å². The minimum atomic E-state index is -0.911. The molecule has 78 valence electrons. The van der Waals surface area contributed by atoms with Gasteiger partial charge in [0.05, 0.1) is 0 Å². The van der Waals surface area contributed by atoms with Crippen LogP contribution in [-0.4, -0.2) is 22.5 Å². The summed E-state index contributed by atoms with van der Waals surface area (Å²) >= 11 is 0. The van der Waals surface area contributed by atoms with E-state index in [1.165, 1.54) is 11.1 Å². The minimum absolute atomic E-state index is 0.253. The fourth-order valence-corrected chi connectivity index (χ4v) is 1.85. The molecule has 0 spiro atoms. The quantitative estimate of drug-likeness (QED) is 0.759. The lowest BCUT2D eigenvalue weighted by molar-refractivity contribution is -0.132. The van der Waals surface area contributed by atoms with E-state index in [0.29, 0.717) is 6.54 Å². The van der Waals surface area contributed by atoms with Crippen molar-refractivity contribution in [2.45, 2.75) is 13.1 Å². The molecule has 0 unspecified atom stereocenters. The first kappa shape index (κ1) is 9.93. The molecular formula is C12H13NO2. The summed E-state index contributed by atoms with van der Waals surface area (Å²) in [5.74, 6) is -0.911. The molecule has 1 heterocycles. The third kappa shape index (κ3) is 2.07. The van der Waals surface area contributed by atoms with Crippen LogP contribution in [0.1, 0.15) is 11.1 Å². The molecule has 2 rings (SSSR count). The van der Waals surface area contributed by atoms with E-state index in [4.69, 9.17) is 5.11 Å². The van der Waals surface area contributed by atoms with Gasteiger partial charge in [-0.05, 0) is 11.1 Å². The average molecular weight is 203 g/mol. The molecular weight excluding hydrogens is 190 g/mol. The summed E-state index contributed by atoms with van der Waals surface area (Å²) in [5.41, 5.74) is 2.83. The molecule has 0 saturated carbocycles. The van der Waals surface area contributed by atoms with E-state index in [0.717, 1.165) is 13.1 Å². The van der Waals surface area contributed by atoms with Gasteiger partial charge in [0.1, 0.15) is 0 Å². The van der Waals surface area contributed by atoms with Crippen molar-refractivity contribution >= 4 is 5.97 Å². The second-order valence-electron chi connectivity index (χ2n) is 3.82. The van der Waals surface area contributed by atoms with Gasteiger partial charge in [0, 0.05) is 25.2 Å². The number of nitrogens with zero attached hydrogens (tertiary/aromatic N) is 1. The molecule has 0 saturated heterocycles. The number of hydrogen-bond donors (Lipinski definition) is 1. The largest absolute Gasteiger partial charge is 0.478 e. The molecule has 0 radical (unpaired) electrons. The highest BCUT2D eigenvalue weighted by atomic mass is 16.4. The Bertz CT molecular complexity index is 387. The van der Waals surface area contributed by atoms with Crippen molar-refractivity contribution in [2.24, 2.45) is 0 Å². The van der Waals surface area contributed by atoms with Gasteiger partial charge in [-0.1, -0.05) is 30.8 Å². The van der Waals surface area contributed by atoms with Gasteiger partial charge in [-0.15, -0.1) is 0 Å². The van der Waals surface area contributed by atoms with Gasteiger partial charge in [-0.2, -0.15) is 0 Å². The molecule has 1 aliphatic rings. The highest BCUT2D eigenvalue weighted by Gasteiger charge is 2.19. The molecule has 0 amide bonds. The molecule has 0 atom stereocenters. The summed E-state index contributed by atoms with van der Waals surface area (Å²) in [5, 5.41) is 8.73. The molecule has 0 aromatic heterocycles. The fourth-order valence-electron chi connectivity index (χ4n) is 1.85. The molecule has 1 N–H and O–H groups in total. The number of hydrogen-bond acceptors (Lipinski definition) is 2. The Balaban J connectivity index is 2.02. The van der Waals surface area contributed by atoms with E-state index >= 15 is 0 Å². The highest BCUT2D eigenvalue weighted by molar-refractivity contribution is 5.86. The van der Waals surface area contributed by atoms with Crippen LogP contribution in [-0.2, 0) is 17.9 Å². The lowest BCUT2D eigenvalue weighted by Gasteiger charge is -2.13. The maximum absolute atomic E-state index is 10.6. The van der Waals surface area contributed by atoms with E-state index in [1.807, 2.05) is 12.1 Å². The predicted molar refractivity (Wildman–Crippen MR) is 57.3 cm³/mol. The van der Waals surface area contributed by atoms with Crippen LogP contribution in [0.4, 0.5) is 0 Å². The van der Waals surface area contributed by atoms with Crippen LogP contribution in [0.5, 0.6) is 0 Å². The monoisotopic (exact) mass is 203 g/mol. The van der Waals surface area contributed by atoms with Gasteiger partial charge in [0.2, 0.25) is 0 Å². The van der Waals surface area contributed by atoms with E-state index in [1.54, 1.807) is 0 Å². The van der Waals surface area contributed by atoms with E-state index in [9.17, 15) is 4.79 Å². The Labute approximate surface area is 88.6 Å². The molecule has 3 heteroatoms. The number of carbonyl (C=O) groups is 1. The summed E-state index contributed by atoms with van der Waals surface area (Å²) in [6.45, 7) is 5.62. The lowest BCUT2D eigenvalue weighted by Crippen LogP contribution is -2.22. The molecule has 1 aliphatic heterocycles. The fraction of sp³-hybridized carbons (Fsp3) is 0.250. The minimum Gasteiger partial charge on any atom is -0.478 e. The van der Waals surface area contributed by atoms with Crippen molar-refractivity contribution in [1.82, 2.24) is 4.90 Å². The van der Waals surface area contributed by atoms with Crippen LogP contribution in [0.2, 0.25) is 0 Å². The van der Waals surface area contributed by atoms with Crippen LogP contribution in [0, 0.1) is 0 Å². The average Bonchev–Trinajstić information content (AvgIpc) is 2.59. The Morgan fingerprint density at radius 3 is 2.33 bits per heavy atom. The van der Waals surface area contributed by atoms with E-state index in [-0.39, 0.29) is 5.57 Å². The van der Waals surface area contributed by atoms with Crippen molar-refractivity contribution in [1.29, 1.82) is 0 Å². The predicted octanol–water partition coefficient (Wildman–Crippen LogP) is 1.64. The zero-order chi connectivity index (χ0) is 10.8. The van der Waals surface area contributed by atoms with Crippen molar-refractivity contribution in [3.8, 4) is 0 Å². The SMILES string of the molecule is C=C(CN1Cc2ccccc2C1)C(=O)O. The van der Waals surface area contributed by atoms with Crippen molar-refractivity contribution in [3.05, 3.63) is 47.5 Å². The van der Waals surface area contributed by atoms with Gasteiger partial charge in [0.15, 0.2) is 0 Å². The summed E-state index contributed by atoms with van der Waals surface area (Å²) < 4.78 is 0. The zero-order valence-corrected chi connectivity index (χ0v) is 8.44. The van der Waals surface area contributed by atoms with Crippen molar-refractivity contribution in [2.75, 3.05) is 6.54 Å². The Morgan fingerprint density at radius 1 is 1.33 bits per heavy atom. The molecule has 3 nitrogen and oxygen atoms in total. The van der Waals surface area contributed by atoms with Gasteiger partial charge in [0.25, 0.3) is 0 Å². The first-order valence-electron chi connectivity index (χ1n) is 4.87. The maximum atomic E-state index is 10.6. The summed E-state index contributed by atoms with van der Waals surface area (Å²) in [6, 6.07) is 8.18. The van der Waals surface area contributed by atoms with Gasteiger partial charge in [-0.3, -0.25) is 4.90 Å². The number of carboxylic acid groups (broad SMARTS) is 1. The van der Waals surface area contributed by atoms with Crippen LogP contribution < -0.4 is 0 Å². The molecule has 0 fully saturated rings. The standard InChI is InChI=1S/C12H13NO2/c1-9(12(14)15)6-13-7-10-4-2-3-5-11(10)8-13/h2-5H,1,6-8H2,(H,14,15). The van der Waals surface area contributed by atoms with Crippen LogP contribution in [0.15, 0.2) is 36.4 Å². The number of carboxylic acids is 1. The van der Waals surface area contributed by atoms with Gasteiger partial charge >= 0.3 is 5.97 Å². The molecule has 15 heavy (non-hydrogen) atoms. The summed E-state index contributed by atoms with van der Waals surface area (Å²) in [6.07, 6.45) is 0. The van der Waals surface area contributed by atoms with Gasteiger partial charge < -0.3 is 5.11 Å². The van der Waals surface area contributed by atoms with Crippen LogP contribution in [0.3, 0.4) is 0 Å². The summed E-state index contributed by atoms with van der Waals surface area (Å²) in [7, 11) is 0. The Morgan fingerprint density at radius 2 is 1.87 bits per heavy atom. The molecule has 0 aliphatic carbocycles. The molecule has 1 aromatic carbocycles. The molecule has 0 bridgehead atoms. The number of rotatable bonds is 3. The van der Waals surface area contributed by atoms with Crippen LogP contribution >= 0.6 is 0 Å². The van der Waals surface area contributed by atoms with Crippen LogP contribution in [0.25, 0.3) is 0 Å². The Kier molecular flexibility index (Phi) is 2.56. The number of benzene rings is 1. The van der Waals surface area contributed by atoms with E-state index in [2.05, 4.69) is 23.6 Å². The second-order valence-corrected chi connectivity index (χ2v) is 3.82. The normalized spacial score (nSPS) is 14.9. The summed E-state index contributed by atoms with van der Waals surface area (Å²) in [4.78, 5) is 12.7. The molecule has 1 aromatic rings. The van der Waals surface area contributed by atoms with Gasteiger partial charge in [-0.25, -0.2) is 4.79 Å². The number of aliphatic carboxylic acids is 1. The number of fused-ring (bicyclic) bond motifs is 1.